The lowest BCUT2D eigenvalue weighted by atomic mass is 10.0. The fourth-order valence-electron chi connectivity index (χ4n) is 3.41. The van der Waals surface area contributed by atoms with Crippen molar-refractivity contribution in [3.05, 3.63) is 95.6 Å². The molecule has 0 aromatic heterocycles. The van der Waals surface area contributed by atoms with Gasteiger partial charge in [-0.05, 0) is 41.3 Å². The van der Waals surface area contributed by atoms with Crippen molar-refractivity contribution in [2.45, 2.75) is 26.3 Å². The van der Waals surface area contributed by atoms with Crippen molar-refractivity contribution in [1.82, 2.24) is 5.32 Å². The van der Waals surface area contributed by atoms with Crippen LogP contribution in [-0.4, -0.2) is 33.0 Å². The van der Waals surface area contributed by atoms with Gasteiger partial charge in [0.05, 0.1) is 23.2 Å². The number of carbonyl (C=O) groups is 2. The Morgan fingerprint density at radius 3 is 2.12 bits per heavy atom. The zero-order chi connectivity index (χ0) is 24.7. The highest BCUT2D eigenvalue weighted by Crippen LogP contribution is 2.22. The number of nitrogens with one attached hydrogen (secondary N) is 2. The summed E-state index contributed by atoms with van der Waals surface area (Å²) in [6.45, 7) is 4.02. The number of benzene rings is 3. The molecule has 0 unspecified atom stereocenters. The third-order valence-corrected chi connectivity index (χ3v) is 6.42. The van der Waals surface area contributed by atoms with Crippen molar-refractivity contribution in [3.63, 3.8) is 0 Å². The van der Waals surface area contributed by atoms with Crippen molar-refractivity contribution >= 4 is 33.2 Å². The summed E-state index contributed by atoms with van der Waals surface area (Å²) >= 11 is 0. The Bertz CT molecular complexity index is 1240. The molecule has 0 fully saturated rings. The summed E-state index contributed by atoms with van der Waals surface area (Å²) in [5.74, 6) is -0.598. The molecule has 0 radical (unpaired) electrons. The highest BCUT2D eigenvalue weighted by molar-refractivity contribution is 7.92. The molecule has 34 heavy (non-hydrogen) atoms. The molecule has 7 nitrogen and oxygen atoms in total. The molecule has 0 saturated heterocycles. The van der Waals surface area contributed by atoms with Crippen molar-refractivity contribution in [3.8, 4) is 0 Å². The molecule has 178 valence electrons. The molecule has 0 aliphatic carbocycles. The number of amides is 2. The van der Waals surface area contributed by atoms with Crippen LogP contribution in [0.4, 0.5) is 11.4 Å². The summed E-state index contributed by atoms with van der Waals surface area (Å²) in [6.07, 6.45) is 1.06. The van der Waals surface area contributed by atoms with E-state index >= 15 is 0 Å². The van der Waals surface area contributed by atoms with Gasteiger partial charge in [-0.3, -0.25) is 13.9 Å². The van der Waals surface area contributed by atoms with E-state index in [2.05, 4.69) is 10.6 Å². The van der Waals surface area contributed by atoms with E-state index in [1.165, 1.54) is 0 Å². The van der Waals surface area contributed by atoms with Crippen LogP contribution in [0.2, 0.25) is 0 Å². The average molecular weight is 480 g/mol. The number of carbonyl (C=O) groups excluding carboxylic acids is 2. The van der Waals surface area contributed by atoms with Gasteiger partial charge in [0.1, 0.15) is 6.54 Å². The Balaban J connectivity index is 1.73. The number of hydrogen-bond donors (Lipinski definition) is 2. The molecule has 3 aromatic carbocycles. The fourth-order valence-corrected chi connectivity index (χ4v) is 4.27. The van der Waals surface area contributed by atoms with Crippen LogP contribution in [0.3, 0.4) is 0 Å². The van der Waals surface area contributed by atoms with Crippen LogP contribution < -0.4 is 14.9 Å². The largest absolute Gasteiger partial charge is 0.348 e. The molecule has 3 rings (SSSR count). The van der Waals surface area contributed by atoms with Crippen LogP contribution in [0.15, 0.2) is 78.9 Å². The predicted molar refractivity (Wildman–Crippen MR) is 135 cm³/mol. The van der Waals surface area contributed by atoms with Crippen LogP contribution >= 0.6 is 0 Å². The second kappa shape index (κ2) is 11.0. The third kappa shape index (κ3) is 6.68. The van der Waals surface area contributed by atoms with Gasteiger partial charge in [-0.1, -0.05) is 68.4 Å². The van der Waals surface area contributed by atoms with Crippen molar-refractivity contribution in [2.24, 2.45) is 0 Å². The first kappa shape index (κ1) is 25.0. The lowest BCUT2D eigenvalue weighted by molar-refractivity contribution is -0.114. The minimum atomic E-state index is -3.71. The zero-order valence-corrected chi connectivity index (χ0v) is 20.3. The van der Waals surface area contributed by atoms with E-state index in [0.29, 0.717) is 29.4 Å². The Morgan fingerprint density at radius 2 is 1.50 bits per heavy atom. The summed E-state index contributed by atoms with van der Waals surface area (Å²) in [4.78, 5) is 25.6. The second-order valence-corrected chi connectivity index (χ2v) is 10.2. The normalized spacial score (nSPS) is 11.2. The number of para-hydroxylation sites is 1. The first-order valence-corrected chi connectivity index (χ1v) is 12.8. The van der Waals surface area contributed by atoms with E-state index in [4.69, 9.17) is 0 Å². The molecule has 0 saturated carbocycles. The smallest absolute Gasteiger partial charge is 0.253 e. The SMILES string of the molecule is CC(C)c1ccc(N(CC(=O)Nc2ccccc2C(=O)NCc2ccccc2)S(C)(=O)=O)cc1. The Morgan fingerprint density at radius 1 is 0.882 bits per heavy atom. The standard InChI is InChI=1S/C26H29N3O4S/c1-19(2)21-13-15-22(16-14-21)29(34(3,32)33)18-25(30)28-24-12-8-7-11-23(24)26(31)27-17-20-9-5-4-6-10-20/h4-16,19H,17-18H2,1-3H3,(H,27,31)(H,28,30). The monoisotopic (exact) mass is 479 g/mol. The average Bonchev–Trinajstić information content (AvgIpc) is 2.81. The maximum Gasteiger partial charge on any atom is 0.253 e. The van der Waals surface area contributed by atoms with Gasteiger partial charge in [0.15, 0.2) is 0 Å². The second-order valence-electron chi connectivity index (χ2n) is 8.28. The van der Waals surface area contributed by atoms with Gasteiger partial charge in [-0.15, -0.1) is 0 Å². The van der Waals surface area contributed by atoms with Gasteiger partial charge in [0.2, 0.25) is 15.9 Å². The molecule has 8 heteroatoms. The van der Waals surface area contributed by atoms with Crippen LogP contribution in [0.25, 0.3) is 0 Å². The Hall–Kier alpha value is -3.65. The van der Waals surface area contributed by atoms with Crippen molar-refractivity contribution < 1.29 is 18.0 Å². The number of anilines is 2. The van der Waals surface area contributed by atoms with Gasteiger partial charge >= 0.3 is 0 Å². The molecular weight excluding hydrogens is 450 g/mol. The van der Waals surface area contributed by atoms with Crippen LogP contribution in [0, 0.1) is 0 Å². The van der Waals surface area contributed by atoms with E-state index in [1.807, 2.05) is 56.3 Å². The lowest BCUT2D eigenvalue weighted by Crippen LogP contribution is -2.37. The fraction of sp³-hybridized carbons (Fsp3) is 0.231. The predicted octanol–water partition coefficient (Wildman–Crippen LogP) is 4.14. The molecule has 0 bridgehead atoms. The van der Waals surface area contributed by atoms with Crippen LogP contribution in [0.5, 0.6) is 0 Å². The molecule has 0 atom stereocenters. The number of sulfonamides is 1. The van der Waals surface area contributed by atoms with Crippen molar-refractivity contribution in [1.29, 1.82) is 0 Å². The van der Waals surface area contributed by atoms with Gasteiger partial charge in [0, 0.05) is 6.54 Å². The topological polar surface area (TPSA) is 95.6 Å². The number of hydrogen-bond acceptors (Lipinski definition) is 4. The highest BCUT2D eigenvalue weighted by Gasteiger charge is 2.22. The summed E-state index contributed by atoms with van der Waals surface area (Å²) in [5.41, 5.74) is 3.01. The molecule has 0 heterocycles. The minimum Gasteiger partial charge on any atom is -0.348 e. The number of nitrogens with zero attached hydrogens (tertiary/aromatic N) is 1. The quantitative estimate of drug-likeness (QED) is 0.482. The van der Waals surface area contributed by atoms with Crippen molar-refractivity contribution in [2.75, 3.05) is 22.4 Å². The molecule has 0 aliphatic heterocycles. The summed E-state index contributed by atoms with van der Waals surface area (Å²) < 4.78 is 25.9. The molecule has 3 aromatic rings. The summed E-state index contributed by atoms with van der Waals surface area (Å²) in [6, 6.07) is 23.2. The van der Waals surface area contributed by atoms with Gasteiger partial charge in [0.25, 0.3) is 5.91 Å². The minimum absolute atomic E-state index is 0.291. The van der Waals surface area contributed by atoms with E-state index < -0.39 is 22.5 Å². The molecule has 0 aliphatic rings. The van der Waals surface area contributed by atoms with E-state index in [-0.39, 0.29) is 5.91 Å². The molecule has 2 amide bonds. The first-order valence-electron chi connectivity index (χ1n) is 10.9. The highest BCUT2D eigenvalue weighted by atomic mass is 32.2. The van der Waals surface area contributed by atoms with Gasteiger partial charge in [-0.25, -0.2) is 8.42 Å². The third-order valence-electron chi connectivity index (χ3n) is 5.28. The van der Waals surface area contributed by atoms with E-state index in [0.717, 1.165) is 21.7 Å². The maximum absolute atomic E-state index is 12.8. The summed E-state index contributed by atoms with van der Waals surface area (Å²) in [7, 11) is -3.71. The molecule has 0 spiro atoms. The number of rotatable bonds is 9. The van der Waals surface area contributed by atoms with Gasteiger partial charge < -0.3 is 10.6 Å². The van der Waals surface area contributed by atoms with E-state index in [9.17, 15) is 18.0 Å². The lowest BCUT2D eigenvalue weighted by Gasteiger charge is -2.22. The maximum atomic E-state index is 12.8. The van der Waals surface area contributed by atoms with Crippen LogP contribution in [-0.2, 0) is 21.4 Å². The van der Waals surface area contributed by atoms with E-state index in [1.54, 1.807) is 36.4 Å². The molecular formula is C26H29N3O4S. The zero-order valence-electron chi connectivity index (χ0n) is 19.5. The van der Waals surface area contributed by atoms with Gasteiger partial charge in [-0.2, -0.15) is 0 Å². The first-order chi connectivity index (χ1) is 16.1. The van der Waals surface area contributed by atoms with Crippen LogP contribution in [0.1, 0.15) is 41.3 Å². The summed E-state index contributed by atoms with van der Waals surface area (Å²) in [5, 5.41) is 5.52. The Kier molecular flexibility index (Phi) is 8.07. The molecule has 2 N–H and O–H groups in total. The Labute approximate surface area is 200 Å².